The molecule has 3 rings (SSSR count). The Morgan fingerprint density at radius 1 is 1.20 bits per heavy atom. The first-order chi connectivity index (χ1) is 12.1. The smallest absolute Gasteiger partial charge is 0.292 e. The topological polar surface area (TPSA) is 67.6 Å². The SMILES string of the molecule is O=[N+]([O-])c1ccc(F)cc1NC(CN1CCOCC1)c1ccccc1. The molecule has 25 heavy (non-hydrogen) atoms. The molecule has 0 bridgehead atoms. The van der Waals surface area contributed by atoms with Crippen LogP contribution in [0.2, 0.25) is 0 Å². The van der Waals surface area contributed by atoms with Crippen LogP contribution in [0.15, 0.2) is 48.5 Å². The molecular formula is C18H20FN3O3. The third-order valence-electron chi connectivity index (χ3n) is 4.23. The van der Waals surface area contributed by atoms with Crippen LogP contribution in [-0.4, -0.2) is 42.7 Å². The Hall–Kier alpha value is -2.51. The third kappa shape index (κ3) is 4.52. The summed E-state index contributed by atoms with van der Waals surface area (Å²) in [5.41, 5.74) is 1.05. The monoisotopic (exact) mass is 345 g/mol. The number of halogens is 1. The van der Waals surface area contributed by atoms with E-state index in [2.05, 4.69) is 10.2 Å². The number of morpholine rings is 1. The van der Waals surface area contributed by atoms with Crippen LogP contribution in [0.1, 0.15) is 11.6 Å². The summed E-state index contributed by atoms with van der Waals surface area (Å²) in [5, 5.41) is 14.4. The predicted octanol–water partition coefficient (Wildman–Crippen LogP) is 3.22. The van der Waals surface area contributed by atoms with Gasteiger partial charge in [0, 0.05) is 31.8 Å². The molecule has 1 aliphatic rings. The summed E-state index contributed by atoms with van der Waals surface area (Å²) in [6.45, 7) is 3.59. The Balaban J connectivity index is 1.87. The van der Waals surface area contributed by atoms with E-state index in [-0.39, 0.29) is 17.4 Å². The third-order valence-corrected chi connectivity index (χ3v) is 4.23. The van der Waals surface area contributed by atoms with Gasteiger partial charge in [0.15, 0.2) is 0 Å². The zero-order valence-corrected chi connectivity index (χ0v) is 13.7. The van der Waals surface area contributed by atoms with Crippen molar-refractivity contribution in [3.63, 3.8) is 0 Å². The highest BCUT2D eigenvalue weighted by molar-refractivity contribution is 5.62. The number of anilines is 1. The van der Waals surface area contributed by atoms with Crippen LogP contribution in [0, 0.1) is 15.9 Å². The number of nitro groups is 1. The maximum atomic E-state index is 13.6. The van der Waals surface area contributed by atoms with Crippen LogP contribution in [0.5, 0.6) is 0 Å². The van der Waals surface area contributed by atoms with Gasteiger partial charge in [0.1, 0.15) is 11.5 Å². The van der Waals surface area contributed by atoms with Crippen LogP contribution in [-0.2, 0) is 4.74 Å². The molecule has 2 aromatic carbocycles. The van der Waals surface area contributed by atoms with Gasteiger partial charge in [-0.1, -0.05) is 30.3 Å². The average molecular weight is 345 g/mol. The molecule has 1 unspecified atom stereocenters. The summed E-state index contributed by atoms with van der Waals surface area (Å²) in [4.78, 5) is 13.0. The lowest BCUT2D eigenvalue weighted by molar-refractivity contribution is -0.384. The fourth-order valence-electron chi connectivity index (χ4n) is 2.93. The van der Waals surface area contributed by atoms with E-state index in [9.17, 15) is 14.5 Å². The van der Waals surface area contributed by atoms with Gasteiger partial charge in [-0.25, -0.2) is 4.39 Å². The predicted molar refractivity (Wildman–Crippen MR) is 93.1 cm³/mol. The molecule has 0 aromatic heterocycles. The fourth-order valence-corrected chi connectivity index (χ4v) is 2.93. The molecule has 6 nitrogen and oxygen atoms in total. The molecule has 1 atom stereocenters. The Bertz CT molecular complexity index is 721. The van der Waals surface area contributed by atoms with Crippen molar-refractivity contribution in [2.45, 2.75) is 6.04 Å². The summed E-state index contributed by atoms with van der Waals surface area (Å²) < 4.78 is 19.0. The Morgan fingerprint density at radius 3 is 2.60 bits per heavy atom. The molecule has 1 N–H and O–H groups in total. The lowest BCUT2D eigenvalue weighted by Gasteiger charge is -2.31. The van der Waals surface area contributed by atoms with Crippen LogP contribution in [0.4, 0.5) is 15.8 Å². The Labute approximate surface area is 145 Å². The number of ether oxygens (including phenoxy) is 1. The number of hydrogen-bond donors (Lipinski definition) is 1. The normalized spacial score (nSPS) is 16.4. The molecule has 1 fully saturated rings. The van der Waals surface area contributed by atoms with Crippen molar-refractivity contribution >= 4 is 11.4 Å². The zero-order valence-electron chi connectivity index (χ0n) is 13.7. The van der Waals surface area contributed by atoms with Crippen molar-refractivity contribution < 1.29 is 14.1 Å². The minimum absolute atomic E-state index is 0.135. The molecule has 1 saturated heterocycles. The van der Waals surface area contributed by atoms with Gasteiger partial charge >= 0.3 is 0 Å². The number of rotatable bonds is 6. The Kier molecular flexibility index (Phi) is 5.57. The maximum absolute atomic E-state index is 13.6. The second kappa shape index (κ2) is 8.04. The van der Waals surface area contributed by atoms with Crippen molar-refractivity contribution in [1.82, 2.24) is 4.90 Å². The Morgan fingerprint density at radius 2 is 1.92 bits per heavy atom. The van der Waals surface area contributed by atoms with Crippen molar-refractivity contribution in [3.05, 3.63) is 70.0 Å². The highest BCUT2D eigenvalue weighted by Crippen LogP contribution is 2.29. The molecule has 0 radical (unpaired) electrons. The van der Waals surface area contributed by atoms with Crippen molar-refractivity contribution in [2.75, 3.05) is 38.2 Å². The minimum atomic E-state index is -0.508. The summed E-state index contributed by atoms with van der Waals surface area (Å²) >= 11 is 0. The van der Waals surface area contributed by atoms with Crippen LogP contribution < -0.4 is 5.32 Å². The van der Waals surface area contributed by atoms with Gasteiger partial charge in [0.05, 0.1) is 24.2 Å². The van der Waals surface area contributed by atoms with E-state index in [1.165, 1.54) is 12.1 Å². The quantitative estimate of drug-likeness (QED) is 0.643. The highest BCUT2D eigenvalue weighted by Gasteiger charge is 2.22. The van der Waals surface area contributed by atoms with E-state index in [1.807, 2.05) is 30.3 Å². The summed E-state index contributed by atoms with van der Waals surface area (Å²) in [6, 6.07) is 12.9. The summed E-state index contributed by atoms with van der Waals surface area (Å²) in [6.07, 6.45) is 0. The van der Waals surface area contributed by atoms with Gasteiger partial charge < -0.3 is 10.1 Å². The second-order valence-electron chi connectivity index (χ2n) is 5.94. The maximum Gasteiger partial charge on any atom is 0.292 e. The van der Waals surface area contributed by atoms with Gasteiger partial charge in [0.25, 0.3) is 5.69 Å². The van der Waals surface area contributed by atoms with E-state index in [0.29, 0.717) is 19.8 Å². The van der Waals surface area contributed by atoms with Gasteiger partial charge in [-0.3, -0.25) is 15.0 Å². The van der Waals surface area contributed by atoms with Gasteiger partial charge in [-0.15, -0.1) is 0 Å². The van der Waals surface area contributed by atoms with E-state index in [4.69, 9.17) is 4.74 Å². The van der Waals surface area contributed by atoms with Crippen molar-refractivity contribution in [2.24, 2.45) is 0 Å². The number of hydrogen-bond acceptors (Lipinski definition) is 5. The van der Waals surface area contributed by atoms with Crippen molar-refractivity contribution in [3.8, 4) is 0 Å². The molecule has 7 heteroatoms. The molecule has 1 aliphatic heterocycles. The average Bonchev–Trinajstić information content (AvgIpc) is 2.62. The number of nitrogens with zero attached hydrogens (tertiary/aromatic N) is 2. The first kappa shape index (κ1) is 17.3. The lowest BCUT2D eigenvalue weighted by Crippen LogP contribution is -2.40. The van der Waals surface area contributed by atoms with E-state index in [1.54, 1.807) is 0 Å². The molecule has 132 valence electrons. The van der Waals surface area contributed by atoms with Crippen LogP contribution in [0.3, 0.4) is 0 Å². The van der Waals surface area contributed by atoms with Crippen LogP contribution >= 0.6 is 0 Å². The summed E-state index contributed by atoms with van der Waals surface area (Å²) in [5.74, 6) is -0.508. The minimum Gasteiger partial charge on any atom is -0.379 e. The number of benzene rings is 2. The van der Waals surface area contributed by atoms with Crippen molar-refractivity contribution in [1.29, 1.82) is 0 Å². The standard InChI is InChI=1S/C18H20FN3O3/c19-15-6-7-18(22(23)24)16(12-15)20-17(14-4-2-1-3-5-14)13-21-8-10-25-11-9-21/h1-7,12,17,20H,8-11,13H2. The van der Waals surface area contributed by atoms with Gasteiger partial charge in [-0.2, -0.15) is 0 Å². The van der Waals surface area contributed by atoms with Gasteiger partial charge in [-0.05, 0) is 11.6 Å². The van der Waals surface area contributed by atoms with Gasteiger partial charge in [0.2, 0.25) is 0 Å². The number of nitrogens with one attached hydrogen (secondary N) is 1. The second-order valence-corrected chi connectivity index (χ2v) is 5.94. The largest absolute Gasteiger partial charge is 0.379 e. The molecule has 0 aliphatic carbocycles. The fraction of sp³-hybridized carbons (Fsp3) is 0.333. The molecule has 0 saturated carbocycles. The molecular weight excluding hydrogens is 325 g/mol. The zero-order chi connectivity index (χ0) is 17.6. The van der Waals surface area contributed by atoms with E-state index >= 15 is 0 Å². The first-order valence-electron chi connectivity index (χ1n) is 8.19. The van der Waals surface area contributed by atoms with E-state index < -0.39 is 10.7 Å². The van der Waals surface area contributed by atoms with E-state index in [0.717, 1.165) is 24.7 Å². The number of nitro benzene ring substituents is 1. The molecule has 2 aromatic rings. The lowest BCUT2D eigenvalue weighted by atomic mass is 10.1. The first-order valence-corrected chi connectivity index (χ1v) is 8.19. The molecule has 1 heterocycles. The molecule has 0 spiro atoms. The summed E-state index contributed by atoms with van der Waals surface area (Å²) in [7, 11) is 0. The van der Waals surface area contributed by atoms with Crippen LogP contribution in [0.25, 0.3) is 0 Å². The molecule has 0 amide bonds. The highest BCUT2D eigenvalue weighted by atomic mass is 19.1.